The number of unbranched alkanes of at least 4 members (excludes halogenated alkanes) is 1. The number of likely N-dealkylation sites (tertiary alicyclic amines) is 1. The summed E-state index contributed by atoms with van der Waals surface area (Å²) in [5.74, 6) is 1.88. The first-order valence-electron chi connectivity index (χ1n) is 9.53. The Morgan fingerprint density at radius 2 is 2.08 bits per heavy atom. The van der Waals surface area contributed by atoms with Crippen molar-refractivity contribution in [2.24, 2.45) is 5.92 Å². The van der Waals surface area contributed by atoms with Crippen LogP contribution in [0.3, 0.4) is 0 Å². The van der Waals surface area contributed by atoms with Gasteiger partial charge in [0, 0.05) is 5.39 Å². The van der Waals surface area contributed by atoms with Crippen LogP contribution in [0.15, 0.2) is 18.2 Å². The number of methoxy groups -OCH3 is 1. The fourth-order valence-corrected chi connectivity index (χ4v) is 3.83. The van der Waals surface area contributed by atoms with Crippen LogP contribution < -0.4 is 4.74 Å². The average molecular weight is 329 g/mol. The molecule has 1 fully saturated rings. The molecule has 0 amide bonds. The van der Waals surface area contributed by atoms with Gasteiger partial charge in [0.1, 0.15) is 5.75 Å². The second-order valence-corrected chi connectivity index (χ2v) is 7.11. The van der Waals surface area contributed by atoms with Crippen LogP contribution in [0, 0.1) is 5.92 Å². The lowest BCUT2D eigenvalue weighted by Crippen LogP contribution is -2.34. The van der Waals surface area contributed by atoms with Crippen molar-refractivity contribution in [3.63, 3.8) is 0 Å². The molecule has 1 N–H and O–H groups in total. The molecule has 1 aliphatic rings. The van der Waals surface area contributed by atoms with E-state index in [-0.39, 0.29) is 0 Å². The van der Waals surface area contributed by atoms with Gasteiger partial charge in [-0.15, -0.1) is 0 Å². The van der Waals surface area contributed by atoms with E-state index in [1.165, 1.54) is 69.2 Å². The van der Waals surface area contributed by atoms with Gasteiger partial charge in [-0.05, 0) is 69.4 Å². The Hall–Kier alpha value is -1.55. The molecule has 4 nitrogen and oxygen atoms in total. The predicted octanol–water partition coefficient (Wildman–Crippen LogP) is 4.41. The number of aryl methyl sites for hydroxylation is 1. The summed E-state index contributed by atoms with van der Waals surface area (Å²) < 4.78 is 5.33. The van der Waals surface area contributed by atoms with Crippen molar-refractivity contribution in [1.29, 1.82) is 0 Å². The van der Waals surface area contributed by atoms with Crippen molar-refractivity contribution in [3.05, 3.63) is 23.9 Å². The van der Waals surface area contributed by atoms with E-state index in [1.54, 1.807) is 7.11 Å². The van der Waals surface area contributed by atoms with Crippen molar-refractivity contribution in [2.75, 3.05) is 26.7 Å². The molecule has 2 heterocycles. The van der Waals surface area contributed by atoms with Gasteiger partial charge in [0.2, 0.25) is 0 Å². The minimum Gasteiger partial charge on any atom is -0.497 e. The summed E-state index contributed by atoms with van der Waals surface area (Å²) in [4.78, 5) is 2.64. The summed E-state index contributed by atoms with van der Waals surface area (Å²) in [6, 6.07) is 6.12. The molecule has 0 saturated carbocycles. The third-order valence-corrected chi connectivity index (χ3v) is 5.41. The number of nitrogens with one attached hydrogen (secondary N) is 1. The molecular formula is C20H31N3O. The highest BCUT2D eigenvalue weighted by Crippen LogP contribution is 2.24. The van der Waals surface area contributed by atoms with E-state index in [0.717, 1.165) is 23.6 Å². The SMILES string of the molecule is CCCCC1CCN(CCCc2n[nH]c3ccc(OC)cc23)CC1. The van der Waals surface area contributed by atoms with E-state index >= 15 is 0 Å². The van der Waals surface area contributed by atoms with Gasteiger partial charge in [-0.1, -0.05) is 26.2 Å². The molecule has 2 aromatic rings. The van der Waals surface area contributed by atoms with Crippen LogP contribution in [0.25, 0.3) is 10.9 Å². The minimum absolute atomic E-state index is 0.902. The molecule has 3 rings (SSSR count). The Balaban J connectivity index is 1.45. The Labute approximate surface area is 145 Å². The average Bonchev–Trinajstić information content (AvgIpc) is 3.03. The van der Waals surface area contributed by atoms with E-state index < -0.39 is 0 Å². The Morgan fingerprint density at radius 3 is 2.83 bits per heavy atom. The topological polar surface area (TPSA) is 41.2 Å². The van der Waals surface area contributed by atoms with Gasteiger partial charge in [0.15, 0.2) is 0 Å². The second-order valence-electron chi connectivity index (χ2n) is 7.11. The van der Waals surface area contributed by atoms with Crippen LogP contribution in [-0.2, 0) is 6.42 Å². The summed E-state index contributed by atoms with van der Waals surface area (Å²) in [5.41, 5.74) is 2.27. The molecule has 0 atom stereocenters. The van der Waals surface area contributed by atoms with Crippen molar-refractivity contribution < 1.29 is 4.74 Å². The molecule has 24 heavy (non-hydrogen) atoms. The first-order chi connectivity index (χ1) is 11.8. The molecule has 132 valence electrons. The maximum atomic E-state index is 5.33. The number of nitrogens with zero attached hydrogens (tertiary/aromatic N) is 2. The second kappa shape index (κ2) is 8.52. The molecule has 4 heteroatoms. The fraction of sp³-hybridized carbons (Fsp3) is 0.650. The molecule has 0 spiro atoms. The third kappa shape index (κ3) is 4.29. The number of piperidine rings is 1. The Bertz CT molecular complexity index is 629. The van der Waals surface area contributed by atoms with Crippen molar-refractivity contribution in [3.8, 4) is 5.75 Å². The molecule has 1 aliphatic heterocycles. The molecular weight excluding hydrogens is 298 g/mol. The van der Waals surface area contributed by atoms with Crippen molar-refractivity contribution >= 4 is 10.9 Å². The molecule has 0 radical (unpaired) electrons. The van der Waals surface area contributed by atoms with E-state index in [2.05, 4.69) is 28.1 Å². The zero-order chi connectivity index (χ0) is 16.8. The number of aromatic nitrogens is 2. The number of hydrogen-bond donors (Lipinski definition) is 1. The number of ether oxygens (including phenoxy) is 1. The van der Waals surface area contributed by atoms with E-state index in [9.17, 15) is 0 Å². The summed E-state index contributed by atoms with van der Waals surface area (Å²) in [6.45, 7) is 6.05. The first kappa shape index (κ1) is 17.3. The van der Waals surface area contributed by atoms with Crippen LogP contribution >= 0.6 is 0 Å². The minimum atomic E-state index is 0.902. The quantitative estimate of drug-likeness (QED) is 0.780. The number of aromatic amines is 1. The number of H-pyrrole nitrogens is 1. The number of fused-ring (bicyclic) bond motifs is 1. The lowest BCUT2D eigenvalue weighted by atomic mass is 9.91. The van der Waals surface area contributed by atoms with Gasteiger partial charge in [0.05, 0.1) is 18.3 Å². The maximum Gasteiger partial charge on any atom is 0.119 e. The van der Waals surface area contributed by atoms with Crippen molar-refractivity contribution in [1.82, 2.24) is 15.1 Å². The fourth-order valence-electron chi connectivity index (χ4n) is 3.83. The Kier molecular flexibility index (Phi) is 6.13. The van der Waals surface area contributed by atoms with Gasteiger partial charge in [-0.25, -0.2) is 0 Å². The third-order valence-electron chi connectivity index (χ3n) is 5.41. The zero-order valence-electron chi connectivity index (χ0n) is 15.2. The van der Waals surface area contributed by atoms with Gasteiger partial charge < -0.3 is 9.64 Å². The van der Waals surface area contributed by atoms with Crippen molar-refractivity contribution in [2.45, 2.75) is 51.9 Å². The normalized spacial score (nSPS) is 16.8. The molecule has 1 aromatic carbocycles. The lowest BCUT2D eigenvalue weighted by Gasteiger charge is -2.31. The smallest absolute Gasteiger partial charge is 0.119 e. The first-order valence-corrected chi connectivity index (χ1v) is 9.53. The molecule has 0 unspecified atom stereocenters. The maximum absolute atomic E-state index is 5.33. The number of benzene rings is 1. The molecule has 0 aliphatic carbocycles. The van der Waals surface area contributed by atoms with E-state index in [1.807, 2.05) is 12.1 Å². The highest BCUT2D eigenvalue weighted by Gasteiger charge is 2.18. The zero-order valence-corrected chi connectivity index (χ0v) is 15.2. The Morgan fingerprint density at radius 1 is 1.25 bits per heavy atom. The standard InChI is InChI=1S/C20H31N3O/c1-3-4-6-16-10-13-23(14-11-16)12-5-7-19-18-15-17(24-2)8-9-20(18)22-21-19/h8-9,15-16H,3-7,10-14H2,1-2H3,(H,21,22). The lowest BCUT2D eigenvalue weighted by molar-refractivity contribution is 0.176. The van der Waals surface area contributed by atoms with E-state index in [4.69, 9.17) is 4.74 Å². The van der Waals surface area contributed by atoms with Gasteiger partial charge in [-0.3, -0.25) is 5.10 Å². The van der Waals surface area contributed by atoms with Gasteiger partial charge in [-0.2, -0.15) is 5.10 Å². The van der Waals surface area contributed by atoms with Crippen LogP contribution in [0.4, 0.5) is 0 Å². The van der Waals surface area contributed by atoms with Crippen LogP contribution in [0.1, 0.15) is 51.1 Å². The highest BCUT2D eigenvalue weighted by atomic mass is 16.5. The van der Waals surface area contributed by atoms with E-state index in [0.29, 0.717) is 0 Å². The summed E-state index contributed by atoms with van der Waals surface area (Å²) in [5, 5.41) is 8.84. The highest BCUT2D eigenvalue weighted by molar-refractivity contribution is 5.82. The van der Waals surface area contributed by atoms with Gasteiger partial charge in [0.25, 0.3) is 0 Å². The summed E-state index contributed by atoms with van der Waals surface area (Å²) in [6.07, 6.45) is 9.17. The molecule has 1 aromatic heterocycles. The van der Waals surface area contributed by atoms with Gasteiger partial charge >= 0.3 is 0 Å². The number of rotatable bonds is 8. The number of hydrogen-bond acceptors (Lipinski definition) is 3. The summed E-state index contributed by atoms with van der Waals surface area (Å²) >= 11 is 0. The molecule has 0 bridgehead atoms. The predicted molar refractivity (Wildman–Crippen MR) is 99.7 cm³/mol. The van der Waals surface area contributed by atoms with Crippen LogP contribution in [-0.4, -0.2) is 41.8 Å². The largest absolute Gasteiger partial charge is 0.497 e. The monoisotopic (exact) mass is 329 g/mol. The van der Waals surface area contributed by atoms with Crippen LogP contribution in [0.2, 0.25) is 0 Å². The summed E-state index contributed by atoms with van der Waals surface area (Å²) in [7, 11) is 1.71. The molecule has 1 saturated heterocycles. The van der Waals surface area contributed by atoms with Crippen LogP contribution in [0.5, 0.6) is 5.75 Å².